The van der Waals surface area contributed by atoms with Crippen LogP contribution in [0.3, 0.4) is 0 Å². The summed E-state index contributed by atoms with van der Waals surface area (Å²) in [5.74, 6) is -0.261. The van der Waals surface area contributed by atoms with Gasteiger partial charge in [0, 0.05) is 27.7 Å². The van der Waals surface area contributed by atoms with Crippen molar-refractivity contribution < 1.29 is 4.39 Å². The van der Waals surface area contributed by atoms with Crippen LogP contribution in [0.15, 0.2) is 48.7 Å². The Kier molecular flexibility index (Phi) is 2.37. The Morgan fingerprint density at radius 2 is 1.88 bits per heavy atom. The van der Waals surface area contributed by atoms with Crippen molar-refractivity contribution in [1.82, 2.24) is 4.98 Å². The number of rotatable bonds is 1. The van der Waals surface area contributed by atoms with E-state index in [1.165, 1.54) is 6.07 Å². The summed E-state index contributed by atoms with van der Waals surface area (Å²) in [6.07, 6.45) is 1.84. The molecule has 0 spiro atoms. The van der Waals surface area contributed by atoms with E-state index in [9.17, 15) is 4.39 Å². The first kappa shape index (κ1) is 10.4. The van der Waals surface area contributed by atoms with E-state index < -0.39 is 0 Å². The maximum absolute atomic E-state index is 13.8. The van der Waals surface area contributed by atoms with Crippen LogP contribution in [-0.4, -0.2) is 4.98 Å². The molecule has 0 bridgehead atoms. The Hall–Kier alpha value is -1.80. The molecule has 2 aromatic carbocycles. The van der Waals surface area contributed by atoms with E-state index in [0.717, 1.165) is 16.5 Å². The molecule has 1 N–H and O–H groups in total. The Morgan fingerprint density at radius 1 is 1.00 bits per heavy atom. The monoisotopic (exact) mass is 245 g/mol. The molecule has 1 heterocycles. The molecule has 0 unspecified atom stereocenters. The molecule has 0 aliphatic carbocycles. The van der Waals surface area contributed by atoms with Gasteiger partial charge in [-0.25, -0.2) is 4.39 Å². The summed E-state index contributed by atoms with van der Waals surface area (Å²) >= 11 is 5.92. The Morgan fingerprint density at radius 3 is 2.76 bits per heavy atom. The van der Waals surface area contributed by atoms with E-state index in [0.29, 0.717) is 10.6 Å². The van der Waals surface area contributed by atoms with Crippen molar-refractivity contribution in [2.24, 2.45) is 0 Å². The predicted octanol–water partition coefficient (Wildman–Crippen LogP) is 4.63. The summed E-state index contributed by atoms with van der Waals surface area (Å²) in [7, 11) is 0. The average Bonchev–Trinajstić information content (AvgIpc) is 2.80. The van der Waals surface area contributed by atoms with Crippen molar-refractivity contribution in [2.75, 3.05) is 0 Å². The fourth-order valence-corrected chi connectivity index (χ4v) is 2.20. The zero-order valence-electron chi connectivity index (χ0n) is 8.87. The normalized spacial score (nSPS) is 10.9. The third-order valence-corrected chi connectivity index (χ3v) is 3.05. The second-order valence-electron chi connectivity index (χ2n) is 3.87. The highest BCUT2D eigenvalue weighted by molar-refractivity contribution is 6.30. The lowest BCUT2D eigenvalue weighted by molar-refractivity contribution is 0.631. The van der Waals surface area contributed by atoms with Crippen molar-refractivity contribution in [2.45, 2.75) is 0 Å². The summed E-state index contributed by atoms with van der Waals surface area (Å²) in [6, 6.07) is 12.3. The first-order chi connectivity index (χ1) is 8.25. The average molecular weight is 246 g/mol. The smallest absolute Gasteiger partial charge is 0.131 e. The van der Waals surface area contributed by atoms with Crippen LogP contribution in [-0.2, 0) is 0 Å². The minimum atomic E-state index is -0.261. The fraction of sp³-hybridized carbons (Fsp3) is 0. The minimum Gasteiger partial charge on any atom is -0.361 e. The van der Waals surface area contributed by atoms with Crippen LogP contribution < -0.4 is 0 Å². The largest absolute Gasteiger partial charge is 0.361 e. The van der Waals surface area contributed by atoms with Gasteiger partial charge in [0.05, 0.1) is 0 Å². The molecule has 3 rings (SSSR count). The Balaban J connectivity index is 2.34. The number of nitrogens with one attached hydrogen (secondary N) is 1. The second kappa shape index (κ2) is 3.90. The lowest BCUT2D eigenvalue weighted by Gasteiger charge is -2.05. The third-order valence-electron chi connectivity index (χ3n) is 2.81. The zero-order valence-corrected chi connectivity index (χ0v) is 9.63. The van der Waals surface area contributed by atoms with Crippen molar-refractivity contribution in [3.63, 3.8) is 0 Å². The molecular formula is C14H9ClFN. The van der Waals surface area contributed by atoms with E-state index >= 15 is 0 Å². The number of halogens is 2. The Bertz CT molecular complexity index is 688. The van der Waals surface area contributed by atoms with E-state index in [1.807, 2.05) is 30.5 Å². The van der Waals surface area contributed by atoms with Crippen LogP contribution >= 0.6 is 11.6 Å². The van der Waals surface area contributed by atoms with Gasteiger partial charge in [0.15, 0.2) is 0 Å². The quantitative estimate of drug-likeness (QED) is 0.644. The molecule has 17 heavy (non-hydrogen) atoms. The molecule has 0 aliphatic heterocycles. The van der Waals surface area contributed by atoms with Crippen LogP contribution in [0.1, 0.15) is 0 Å². The van der Waals surface area contributed by atoms with Gasteiger partial charge in [-0.05, 0) is 35.9 Å². The summed E-state index contributed by atoms with van der Waals surface area (Å²) in [4.78, 5) is 3.11. The minimum absolute atomic E-state index is 0.261. The van der Waals surface area contributed by atoms with E-state index in [4.69, 9.17) is 11.6 Å². The molecule has 0 atom stereocenters. The Labute approximate surface area is 103 Å². The van der Waals surface area contributed by atoms with Gasteiger partial charge in [0.1, 0.15) is 5.82 Å². The molecule has 0 amide bonds. The van der Waals surface area contributed by atoms with Gasteiger partial charge in [-0.1, -0.05) is 23.7 Å². The van der Waals surface area contributed by atoms with Crippen molar-refractivity contribution in [3.8, 4) is 11.1 Å². The number of aromatic amines is 1. The highest BCUT2D eigenvalue weighted by Crippen LogP contribution is 2.31. The van der Waals surface area contributed by atoms with Crippen molar-refractivity contribution >= 4 is 22.5 Å². The van der Waals surface area contributed by atoms with E-state index in [1.54, 1.807) is 12.1 Å². The van der Waals surface area contributed by atoms with Gasteiger partial charge in [0.2, 0.25) is 0 Å². The summed E-state index contributed by atoms with van der Waals surface area (Å²) in [5, 5.41) is 1.53. The molecule has 0 radical (unpaired) electrons. The first-order valence-electron chi connectivity index (χ1n) is 5.27. The summed E-state index contributed by atoms with van der Waals surface area (Å²) in [5.41, 5.74) is 2.37. The molecule has 84 valence electrons. The lowest BCUT2D eigenvalue weighted by Crippen LogP contribution is -1.85. The van der Waals surface area contributed by atoms with Crippen LogP contribution in [0.5, 0.6) is 0 Å². The van der Waals surface area contributed by atoms with E-state index in [-0.39, 0.29) is 5.82 Å². The van der Waals surface area contributed by atoms with Crippen molar-refractivity contribution in [1.29, 1.82) is 0 Å². The van der Waals surface area contributed by atoms with Gasteiger partial charge in [-0.2, -0.15) is 0 Å². The van der Waals surface area contributed by atoms with Crippen LogP contribution in [0.4, 0.5) is 4.39 Å². The topological polar surface area (TPSA) is 15.8 Å². The summed E-state index contributed by atoms with van der Waals surface area (Å²) < 4.78 is 13.8. The number of hydrogen-bond acceptors (Lipinski definition) is 0. The lowest BCUT2D eigenvalue weighted by atomic mass is 10.0. The number of benzene rings is 2. The van der Waals surface area contributed by atoms with Crippen molar-refractivity contribution in [3.05, 3.63) is 59.5 Å². The van der Waals surface area contributed by atoms with Crippen LogP contribution in [0.25, 0.3) is 22.0 Å². The molecular weight excluding hydrogens is 237 g/mol. The standard InChI is InChI=1S/C14H9ClFN/c15-9-4-5-13(16)12(8-9)10-2-1-3-14-11(10)6-7-17-14/h1-8,17H. The van der Waals surface area contributed by atoms with Gasteiger partial charge in [-0.15, -0.1) is 0 Å². The number of fused-ring (bicyclic) bond motifs is 1. The molecule has 0 saturated carbocycles. The predicted molar refractivity (Wildman–Crippen MR) is 68.7 cm³/mol. The number of aromatic nitrogens is 1. The third kappa shape index (κ3) is 1.71. The molecule has 3 heteroatoms. The second-order valence-corrected chi connectivity index (χ2v) is 4.31. The molecule has 1 nitrogen and oxygen atoms in total. The molecule has 1 aromatic heterocycles. The van der Waals surface area contributed by atoms with Gasteiger partial charge >= 0.3 is 0 Å². The summed E-state index contributed by atoms with van der Waals surface area (Å²) in [6.45, 7) is 0. The SMILES string of the molecule is Fc1ccc(Cl)cc1-c1cccc2[nH]ccc12. The molecule has 0 fully saturated rings. The maximum Gasteiger partial charge on any atom is 0.131 e. The van der Waals surface area contributed by atoms with Gasteiger partial charge in [0.25, 0.3) is 0 Å². The zero-order chi connectivity index (χ0) is 11.8. The van der Waals surface area contributed by atoms with Crippen LogP contribution in [0, 0.1) is 5.82 Å². The molecule has 0 aliphatic rings. The fourth-order valence-electron chi connectivity index (χ4n) is 2.02. The van der Waals surface area contributed by atoms with Gasteiger partial charge in [-0.3, -0.25) is 0 Å². The molecule has 0 saturated heterocycles. The number of H-pyrrole nitrogens is 1. The van der Waals surface area contributed by atoms with Gasteiger partial charge < -0.3 is 4.98 Å². The first-order valence-corrected chi connectivity index (χ1v) is 5.65. The number of hydrogen-bond donors (Lipinski definition) is 1. The van der Waals surface area contributed by atoms with Crippen LogP contribution in [0.2, 0.25) is 5.02 Å². The van der Waals surface area contributed by atoms with E-state index in [2.05, 4.69) is 4.98 Å². The molecule has 3 aromatic rings. The maximum atomic E-state index is 13.8. The highest BCUT2D eigenvalue weighted by Gasteiger charge is 2.09. The highest BCUT2D eigenvalue weighted by atomic mass is 35.5.